The number of amides is 2. The van der Waals surface area contributed by atoms with Crippen LogP contribution in [0.3, 0.4) is 0 Å². The molecule has 1 atom stereocenters. The number of furan rings is 1. The van der Waals surface area contributed by atoms with Gasteiger partial charge in [-0.05, 0) is 32.0 Å². The van der Waals surface area contributed by atoms with E-state index in [4.69, 9.17) is 4.42 Å². The Hall–Kier alpha value is -3.07. The van der Waals surface area contributed by atoms with Crippen LogP contribution in [0.15, 0.2) is 52.2 Å². The molecule has 1 aromatic carbocycles. The van der Waals surface area contributed by atoms with Crippen LogP contribution in [-0.4, -0.2) is 31.8 Å². The highest BCUT2D eigenvalue weighted by atomic mass is 32.2. The van der Waals surface area contributed by atoms with Crippen molar-refractivity contribution in [3.05, 3.63) is 54.0 Å². The molecular weight excluding hydrogens is 366 g/mol. The van der Waals surface area contributed by atoms with Gasteiger partial charge in [0, 0.05) is 12.6 Å². The molecule has 2 aromatic heterocycles. The Labute approximate surface area is 160 Å². The van der Waals surface area contributed by atoms with Gasteiger partial charge in [-0.1, -0.05) is 30.0 Å². The van der Waals surface area contributed by atoms with E-state index >= 15 is 0 Å². The lowest BCUT2D eigenvalue weighted by molar-refractivity contribution is -0.121. The number of aromatic nitrogens is 3. The molecule has 0 radical (unpaired) electrons. The Kier molecular flexibility index (Phi) is 5.60. The lowest BCUT2D eigenvalue weighted by Crippen LogP contribution is -2.44. The highest BCUT2D eigenvalue weighted by molar-refractivity contribution is 8.00. The summed E-state index contributed by atoms with van der Waals surface area (Å²) in [7, 11) is 1.83. The first-order valence-electron chi connectivity index (χ1n) is 8.23. The van der Waals surface area contributed by atoms with Crippen LogP contribution in [0.5, 0.6) is 0 Å². The Morgan fingerprint density at radius 2 is 1.89 bits per heavy atom. The van der Waals surface area contributed by atoms with Crippen LogP contribution >= 0.6 is 11.8 Å². The van der Waals surface area contributed by atoms with Gasteiger partial charge in [0.15, 0.2) is 11.0 Å². The van der Waals surface area contributed by atoms with Gasteiger partial charge in [-0.2, -0.15) is 0 Å². The molecule has 2 N–H and O–H groups in total. The van der Waals surface area contributed by atoms with Crippen molar-refractivity contribution in [3.63, 3.8) is 0 Å². The van der Waals surface area contributed by atoms with Crippen molar-refractivity contribution in [1.29, 1.82) is 0 Å². The normalized spacial score (nSPS) is 11.8. The molecule has 0 aliphatic carbocycles. The zero-order valence-corrected chi connectivity index (χ0v) is 15.9. The molecule has 8 nitrogen and oxygen atoms in total. The first-order chi connectivity index (χ1) is 13.0. The first kappa shape index (κ1) is 18.7. The van der Waals surface area contributed by atoms with Crippen LogP contribution < -0.4 is 10.9 Å². The van der Waals surface area contributed by atoms with E-state index in [1.165, 1.54) is 11.8 Å². The second kappa shape index (κ2) is 8.09. The summed E-state index contributed by atoms with van der Waals surface area (Å²) < 4.78 is 7.10. The van der Waals surface area contributed by atoms with Gasteiger partial charge in [-0.15, -0.1) is 10.2 Å². The average molecular weight is 385 g/mol. The minimum absolute atomic E-state index is 0.340. The van der Waals surface area contributed by atoms with Crippen molar-refractivity contribution in [3.8, 4) is 11.4 Å². The smallest absolute Gasteiger partial charge is 0.269 e. The first-order valence-corrected chi connectivity index (χ1v) is 9.11. The minimum Gasteiger partial charge on any atom is -0.469 e. The summed E-state index contributed by atoms with van der Waals surface area (Å²) in [6, 6.07) is 10.5. The molecule has 0 spiro atoms. The predicted octanol–water partition coefficient (Wildman–Crippen LogP) is 2.33. The van der Waals surface area contributed by atoms with Gasteiger partial charge in [-0.3, -0.25) is 20.4 Å². The number of rotatable bonds is 5. The van der Waals surface area contributed by atoms with Gasteiger partial charge in [0.25, 0.3) is 11.8 Å². The topological polar surface area (TPSA) is 102 Å². The Morgan fingerprint density at radius 1 is 1.15 bits per heavy atom. The summed E-state index contributed by atoms with van der Waals surface area (Å²) >= 11 is 1.25. The van der Waals surface area contributed by atoms with Gasteiger partial charge < -0.3 is 8.98 Å². The Morgan fingerprint density at radius 3 is 2.56 bits per heavy atom. The van der Waals surface area contributed by atoms with E-state index in [1.807, 2.05) is 26.1 Å². The molecule has 0 aliphatic heterocycles. The van der Waals surface area contributed by atoms with E-state index in [0.29, 0.717) is 16.5 Å². The SMILES string of the molecule is Cc1occc1-c1nnc(S[C@@H](C)C(=O)NNC(=O)c2ccccc2)n1C. The fourth-order valence-corrected chi connectivity index (χ4v) is 3.18. The average Bonchev–Trinajstić information content (AvgIpc) is 3.25. The van der Waals surface area contributed by atoms with Gasteiger partial charge >= 0.3 is 0 Å². The van der Waals surface area contributed by atoms with Crippen LogP contribution in [0.2, 0.25) is 0 Å². The molecule has 27 heavy (non-hydrogen) atoms. The predicted molar refractivity (Wildman–Crippen MR) is 101 cm³/mol. The van der Waals surface area contributed by atoms with E-state index in [2.05, 4.69) is 21.0 Å². The number of carbonyl (C=O) groups excluding carboxylic acids is 2. The van der Waals surface area contributed by atoms with Crippen molar-refractivity contribution >= 4 is 23.6 Å². The summed E-state index contributed by atoms with van der Waals surface area (Å²) in [6.07, 6.45) is 1.59. The summed E-state index contributed by atoms with van der Waals surface area (Å²) in [5.74, 6) is 0.691. The molecule has 3 aromatic rings. The highest BCUT2D eigenvalue weighted by Crippen LogP contribution is 2.27. The molecule has 140 valence electrons. The third-order valence-corrected chi connectivity index (χ3v) is 5.06. The van der Waals surface area contributed by atoms with Crippen LogP contribution in [0.1, 0.15) is 23.0 Å². The molecule has 3 rings (SSSR count). The largest absolute Gasteiger partial charge is 0.469 e. The Balaban J connectivity index is 1.60. The highest BCUT2D eigenvalue weighted by Gasteiger charge is 2.21. The summed E-state index contributed by atoms with van der Waals surface area (Å²) in [6.45, 7) is 3.58. The lowest BCUT2D eigenvalue weighted by atomic mass is 10.2. The van der Waals surface area contributed by atoms with E-state index < -0.39 is 5.25 Å². The fraction of sp³-hybridized carbons (Fsp3) is 0.222. The molecular formula is C18H19N5O3S. The van der Waals surface area contributed by atoms with E-state index in [-0.39, 0.29) is 11.8 Å². The number of nitrogens with zero attached hydrogens (tertiary/aromatic N) is 3. The molecule has 2 amide bonds. The van der Waals surface area contributed by atoms with Gasteiger partial charge in [0.05, 0.1) is 17.1 Å². The molecule has 2 heterocycles. The van der Waals surface area contributed by atoms with Gasteiger partial charge in [0.2, 0.25) is 0 Å². The molecule has 0 aliphatic rings. The van der Waals surface area contributed by atoms with Crippen LogP contribution in [-0.2, 0) is 11.8 Å². The van der Waals surface area contributed by atoms with E-state index in [9.17, 15) is 9.59 Å². The zero-order valence-electron chi connectivity index (χ0n) is 15.1. The second-order valence-corrected chi connectivity index (χ2v) is 7.13. The van der Waals surface area contributed by atoms with Crippen molar-refractivity contribution in [2.75, 3.05) is 0 Å². The van der Waals surface area contributed by atoms with Gasteiger partial charge in [0.1, 0.15) is 5.76 Å². The van der Waals surface area contributed by atoms with E-state index in [0.717, 1.165) is 11.3 Å². The Bertz CT molecular complexity index is 951. The molecule has 0 unspecified atom stereocenters. The van der Waals surface area contributed by atoms with Crippen molar-refractivity contribution in [2.24, 2.45) is 7.05 Å². The van der Waals surface area contributed by atoms with Crippen molar-refractivity contribution < 1.29 is 14.0 Å². The minimum atomic E-state index is -0.484. The van der Waals surface area contributed by atoms with Crippen LogP contribution in [0, 0.1) is 6.92 Å². The lowest BCUT2D eigenvalue weighted by Gasteiger charge is -2.12. The third-order valence-electron chi connectivity index (χ3n) is 3.92. The fourth-order valence-electron chi connectivity index (χ4n) is 2.36. The monoisotopic (exact) mass is 385 g/mol. The van der Waals surface area contributed by atoms with Crippen LogP contribution in [0.25, 0.3) is 11.4 Å². The standard InChI is InChI=1S/C18H19N5O3S/c1-11-14(9-10-26-11)15-19-22-18(23(15)3)27-12(2)16(24)20-21-17(25)13-7-5-4-6-8-13/h4-10,12H,1-3H3,(H,20,24)(H,21,25)/t12-/m0/s1. The number of hydrogen-bond acceptors (Lipinski definition) is 6. The second-order valence-electron chi connectivity index (χ2n) is 5.83. The van der Waals surface area contributed by atoms with E-state index in [1.54, 1.807) is 42.0 Å². The van der Waals surface area contributed by atoms with Crippen molar-refractivity contribution in [2.45, 2.75) is 24.3 Å². The number of thioether (sulfide) groups is 1. The third kappa shape index (κ3) is 4.20. The summed E-state index contributed by atoms with van der Waals surface area (Å²) in [4.78, 5) is 24.2. The zero-order chi connectivity index (χ0) is 19.4. The van der Waals surface area contributed by atoms with Crippen molar-refractivity contribution in [1.82, 2.24) is 25.6 Å². The molecule has 0 fully saturated rings. The number of hydrazine groups is 1. The molecule has 0 saturated carbocycles. The summed E-state index contributed by atoms with van der Waals surface area (Å²) in [5.41, 5.74) is 6.16. The molecule has 9 heteroatoms. The maximum atomic E-state index is 12.3. The maximum Gasteiger partial charge on any atom is 0.269 e. The number of hydrogen-bond donors (Lipinski definition) is 2. The molecule has 0 bridgehead atoms. The quantitative estimate of drug-likeness (QED) is 0.516. The number of nitrogens with one attached hydrogen (secondary N) is 2. The van der Waals surface area contributed by atoms with Crippen LogP contribution in [0.4, 0.5) is 0 Å². The molecule has 0 saturated heterocycles. The number of benzene rings is 1. The summed E-state index contributed by atoms with van der Waals surface area (Å²) in [5, 5.41) is 8.42. The number of aryl methyl sites for hydroxylation is 1. The van der Waals surface area contributed by atoms with Gasteiger partial charge in [-0.25, -0.2) is 0 Å². The maximum absolute atomic E-state index is 12.3. The number of carbonyl (C=O) groups is 2.